The summed E-state index contributed by atoms with van der Waals surface area (Å²) in [7, 11) is 0. The Kier molecular flexibility index (Phi) is 6.38. The summed E-state index contributed by atoms with van der Waals surface area (Å²) in [4.78, 5) is 35.5. The summed E-state index contributed by atoms with van der Waals surface area (Å²) in [6.07, 6.45) is 4.16. The lowest BCUT2D eigenvalue weighted by Crippen LogP contribution is -2.48. The number of aryl methyl sites for hydroxylation is 1. The molecule has 0 spiro atoms. The van der Waals surface area contributed by atoms with E-state index in [0.29, 0.717) is 5.92 Å². The van der Waals surface area contributed by atoms with Gasteiger partial charge in [-0.1, -0.05) is 31.4 Å². The van der Waals surface area contributed by atoms with Crippen LogP contribution in [0.25, 0.3) is 0 Å². The fourth-order valence-corrected chi connectivity index (χ4v) is 2.92. The Labute approximate surface area is 146 Å². The number of aromatic hydroxyl groups is 1. The van der Waals surface area contributed by atoms with Gasteiger partial charge in [0.2, 0.25) is 0 Å². The molecule has 1 fully saturated rings. The zero-order chi connectivity index (χ0) is 18.4. The number of phenols is 1. The van der Waals surface area contributed by atoms with Gasteiger partial charge >= 0.3 is 12.0 Å². The lowest BCUT2D eigenvalue weighted by molar-refractivity contribution is -0.123. The fourth-order valence-electron chi connectivity index (χ4n) is 2.92. The number of imide groups is 1. The predicted molar refractivity (Wildman–Crippen MR) is 91.2 cm³/mol. The molecule has 0 aromatic heterocycles. The molecular formula is C18H24N2O5. The van der Waals surface area contributed by atoms with Crippen LogP contribution in [0.1, 0.15) is 48.5 Å². The van der Waals surface area contributed by atoms with Crippen molar-refractivity contribution in [3.8, 4) is 5.75 Å². The highest BCUT2D eigenvalue weighted by Crippen LogP contribution is 2.23. The van der Waals surface area contributed by atoms with E-state index < -0.39 is 24.5 Å². The van der Waals surface area contributed by atoms with Crippen molar-refractivity contribution in [1.82, 2.24) is 10.6 Å². The van der Waals surface area contributed by atoms with Gasteiger partial charge in [0.25, 0.3) is 5.91 Å². The Hall–Kier alpha value is -2.57. The average molecular weight is 348 g/mol. The quantitative estimate of drug-likeness (QED) is 0.724. The van der Waals surface area contributed by atoms with Crippen molar-refractivity contribution < 1.29 is 24.2 Å². The molecule has 1 aromatic rings. The molecule has 0 unspecified atom stereocenters. The number of hydrogen-bond donors (Lipinski definition) is 3. The first-order chi connectivity index (χ1) is 11.9. The van der Waals surface area contributed by atoms with Crippen LogP contribution in [-0.4, -0.2) is 35.7 Å². The van der Waals surface area contributed by atoms with Crippen LogP contribution < -0.4 is 10.6 Å². The van der Waals surface area contributed by atoms with Crippen molar-refractivity contribution in [3.05, 3.63) is 29.3 Å². The molecule has 0 radical (unpaired) electrons. The summed E-state index contributed by atoms with van der Waals surface area (Å²) in [5.74, 6) is -1.39. The number of esters is 1. The number of amides is 3. The second-order valence-electron chi connectivity index (χ2n) is 6.49. The third-order valence-corrected chi connectivity index (χ3v) is 4.39. The molecule has 1 aromatic carbocycles. The largest absolute Gasteiger partial charge is 0.507 e. The van der Waals surface area contributed by atoms with E-state index in [1.54, 1.807) is 13.0 Å². The third-order valence-electron chi connectivity index (χ3n) is 4.39. The second kappa shape index (κ2) is 8.50. The van der Waals surface area contributed by atoms with Crippen molar-refractivity contribution in [2.45, 2.75) is 45.6 Å². The van der Waals surface area contributed by atoms with Crippen molar-refractivity contribution in [2.24, 2.45) is 5.92 Å². The van der Waals surface area contributed by atoms with Gasteiger partial charge in [-0.25, -0.2) is 9.59 Å². The number of carbonyl (C=O) groups excluding carboxylic acids is 3. The van der Waals surface area contributed by atoms with Gasteiger partial charge in [0, 0.05) is 6.04 Å². The Bertz CT molecular complexity index is 659. The molecule has 0 bridgehead atoms. The van der Waals surface area contributed by atoms with E-state index in [1.807, 2.05) is 0 Å². The molecule has 1 aliphatic rings. The molecule has 1 aliphatic carbocycles. The Morgan fingerprint density at radius 3 is 2.68 bits per heavy atom. The van der Waals surface area contributed by atoms with Gasteiger partial charge in [0.05, 0.1) is 0 Å². The summed E-state index contributed by atoms with van der Waals surface area (Å²) < 4.78 is 4.85. The Balaban J connectivity index is 1.79. The van der Waals surface area contributed by atoms with Crippen LogP contribution in [0.4, 0.5) is 4.79 Å². The number of benzene rings is 1. The van der Waals surface area contributed by atoms with E-state index in [-0.39, 0.29) is 17.4 Å². The van der Waals surface area contributed by atoms with Gasteiger partial charge in [-0.2, -0.15) is 0 Å². The molecule has 0 saturated heterocycles. The standard InChI is InChI=1S/C18H24N2O5/c1-11-7-8-15(21)13(9-11)17(23)25-10-16(22)20-18(24)19-14-6-4-3-5-12(14)2/h7-9,12,14,21H,3-6,10H2,1-2H3,(H2,19,20,22,24)/t12-,14-/m1/s1. The number of rotatable bonds is 4. The van der Waals surface area contributed by atoms with Crippen LogP contribution in [0, 0.1) is 12.8 Å². The molecular weight excluding hydrogens is 324 g/mol. The van der Waals surface area contributed by atoms with E-state index in [1.165, 1.54) is 12.1 Å². The molecule has 3 amide bonds. The molecule has 25 heavy (non-hydrogen) atoms. The van der Waals surface area contributed by atoms with Crippen LogP contribution in [0.3, 0.4) is 0 Å². The molecule has 7 heteroatoms. The zero-order valence-corrected chi connectivity index (χ0v) is 14.5. The maximum atomic E-state index is 11.9. The number of carbonyl (C=O) groups is 3. The van der Waals surface area contributed by atoms with E-state index in [9.17, 15) is 19.5 Å². The molecule has 2 rings (SSSR count). The first kappa shape index (κ1) is 18.8. The molecule has 3 N–H and O–H groups in total. The van der Waals surface area contributed by atoms with E-state index in [4.69, 9.17) is 4.74 Å². The summed E-state index contributed by atoms with van der Waals surface area (Å²) in [5.41, 5.74) is 0.753. The molecule has 7 nitrogen and oxygen atoms in total. The number of phenolic OH excluding ortho intramolecular Hbond substituents is 1. The van der Waals surface area contributed by atoms with Gasteiger partial charge in [-0.3, -0.25) is 10.1 Å². The topological polar surface area (TPSA) is 105 Å². The molecule has 1 saturated carbocycles. The number of ether oxygens (including phenoxy) is 1. The molecule has 0 heterocycles. The number of urea groups is 1. The first-order valence-corrected chi connectivity index (χ1v) is 8.44. The summed E-state index contributed by atoms with van der Waals surface area (Å²) >= 11 is 0. The SMILES string of the molecule is Cc1ccc(O)c(C(=O)OCC(=O)NC(=O)N[C@@H]2CCCC[C@H]2C)c1. The Morgan fingerprint density at radius 1 is 1.24 bits per heavy atom. The maximum Gasteiger partial charge on any atom is 0.342 e. The van der Waals surface area contributed by atoms with Crippen LogP contribution in [0.5, 0.6) is 5.75 Å². The van der Waals surface area contributed by atoms with Gasteiger partial charge in [-0.15, -0.1) is 0 Å². The van der Waals surface area contributed by atoms with Crippen molar-refractivity contribution in [2.75, 3.05) is 6.61 Å². The van der Waals surface area contributed by atoms with Gasteiger partial charge in [0.15, 0.2) is 6.61 Å². The zero-order valence-electron chi connectivity index (χ0n) is 14.5. The van der Waals surface area contributed by atoms with Gasteiger partial charge in [0.1, 0.15) is 11.3 Å². The minimum atomic E-state index is -0.822. The molecule has 136 valence electrons. The number of hydrogen-bond acceptors (Lipinski definition) is 5. The highest BCUT2D eigenvalue weighted by molar-refractivity contribution is 5.97. The van der Waals surface area contributed by atoms with Crippen LogP contribution in [0.15, 0.2) is 18.2 Å². The summed E-state index contributed by atoms with van der Waals surface area (Å²) in [6, 6.07) is 3.96. The Morgan fingerprint density at radius 2 is 1.96 bits per heavy atom. The van der Waals surface area contributed by atoms with E-state index >= 15 is 0 Å². The van der Waals surface area contributed by atoms with Crippen molar-refractivity contribution >= 4 is 17.9 Å². The molecule has 0 aliphatic heterocycles. The normalized spacial score (nSPS) is 19.8. The highest BCUT2D eigenvalue weighted by Gasteiger charge is 2.23. The minimum absolute atomic E-state index is 0.0201. The lowest BCUT2D eigenvalue weighted by atomic mass is 9.86. The lowest BCUT2D eigenvalue weighted by Gasteiger charge is -2.29. The van der Waals surface area contributed by atoms with Crippen LogP contribution in [-0.2, 0) is 9.53 Å². The second-order valence-corrected chi connectivity index (χ2v) is 6.49. The predicted octanol–water partition coefficient (Wildman–Crippen LogP) is 2.26. The van der Waals surface area contributed by atoms with Gasteiger partial charge in [-0.05, 0) is 37.8 Å². The fraction of sp³-hybridized carbons (Fsp3) is 0.500. The van der Waals surface area contributed by atoms with E-state index in [0.717, 1.165) is 31.2 Å². The first-order valence-electron chi connectivity index (χ1n) is 8.44. The summed E-state index contributed by atoms with van der Waals surface area (Å²) in [5, 5.41) is 14.6. The summed E-state index contributed by atoms with van der Waals surface area (Å²) in [6.45, 7) is 3.24. The van der Waals surface area contributed by atoms with Crippen LogP contribution in [0.2, 0.25) is 0 Å². The minimum Gasteiger partial charge on any atom is -0.507 e. The molecule has 2 atom stereocenters. The smallest absolute Gasteiger partial charge is 0.342 e. The average Bonchev–Trinajstić information content (AvgIpc) is 2.57. The van der Waals surface area contributed by atoms with Crippen molar-refractivity contribution in [3.63, 3.8) is 0 Å². The number of nitrogens with one attached hydrogen (secondary N) is 2. The maximum absolute atomic E-state index is 11.9. The van der Waals surface area contributed by atoms with Gasteiger partial charge < -0.3 is 15.2 Å². The monoisotopic (exact) mass is 348 g/mol. The van der Waals surface area contributed by atoms with E-state index in [2.05, 4.69) is 17.6 Å². The van der Waals surface area contributed by atoms with Crippen molar-refractivity contribution in [1.29, 1.82) is 0 Å². The van der Waals surface area contributed by atoms with Crippen LogP contribution >= 0.6 is 0 Å². The highest BCUT2D eigenvalue weighted by atomic mass is 16.5. The third kappa shape index (κ3) is 5.48.